The lowest BCUT2D eigenvalue weighted by molar-refractivity contribution is -0.00721. The molecular weight excluding hydrogens is 166 g/mol. The summed E-state index contributed by atoms with van der Waals surface area (Å²) in [6.07, 6.45) is 1.26. The zero-order valence-electron chi connectivity index (χ0n) is 6.67. The van der Waals surface area contributed by atoms with Crippen LogP contribution in [0.4, 0.5) is 8.78 Å². The Morgan fingerprint density at radius 1 is 1.67 bits per heavy atom. The summed E-state index contributed by atoms with van der Waals surface area (Å²) in [5.41, 5.74) is 4.89. The fraction of sp³-hybridized carbons (Fsp3) is 0.667. The van der Waals surface area contributed by atoms with Crippen LogP contribution in [0.3, 0.4) is 0 Å². The van der Waals surface area contributed by atoms with Gasteiger partial charge in [0.15, 0.2) is 0 Å². The maximum Gasteiger partial charge on any atom is 0.318 e. The van der Waals surface area contributed by atoms with Crippen molar-refractivity contribution in [2.45, 2.75) is 19.4 Å². The van der Waals surface area contributed by atoms with Crippen molar-refractivity contribution in [1.82, 2.24) is 14.8 Å². The molecule has 0 amide bonds. The molecule has 0 aromatic carbocycles. The van der Waals surface area contributed by atoms with Crippen LogP contribution in [0.1, 0.15) is 12.7 Å². The van der Waals surface area contributed by atoms with Crippen molar-refractivity contribution in [3.8, 4) is 0 Å². The van der Waals surface area contributed by atoms with Gasteiger partial charge in [-0.15, -0.1) is 10.2 Å². The van der Waals surface area contributed by atoms with E-state index < -0.39 is 12.5 Å². The summed E-state index contributed by atoms with van der Waals surface area (Å²) in [7, 11) is 0. The molecule has 0 spiro atoms. The Balaban J connectivity index is 3.00. The van der Waals surface area contributed by atoms with E-state index in [0.29, 0.717) is 6.54 Å². The lowest BCUT2D eigenvalue weighted by Gasteiger charge is -2.12. The maximum absolute atomic E-state index is 12.9. The van der Waals surface area contributed by atoms with Gasteiger partial charge in [-0.1, -0.05) is 0 Å². The van der Waals surface area contributed by atoms with E-state index in [1.165, 1.54) is 10.9 Å². The van der Waals surface area contributed by atoms with Crippen molar-refractivity contribution in [1.29, 1.82) is 0 Å². The summed E-state index contributed by atoms with van der Waals surface area (Å²) in [6.45, 7) is 1.41. The second-order valence-corrected chi connectivity index (χ2v) is 2.35. The second kappa shape index (κ2) is 3.14. The van der Waals surface area contributed by atoms with Crippen molar-refractivity contribution in [2.24, 2.45) is 5.73 Å². The third-order valence-electron chi connectivity index (χ3n) is 1.54. The molecule has 0 saturated heterocycles. The van der Waals surface area contributed by atoms with Crippen LogP contribution in [0.2, 0.25) is 0 Å². The standard InChI is InChI=1S/C6H10F2N4/c1-2-12-4-10-11-5(12)6(7,8)3-9/h4H,2-3,9H2,1H3. The van der Waals surface area contributed by atoms with Gasteiger partial charge in [0.05, 0.1) is 6.54 Å². The smallest absolute Gasteiger partial charge is 0.318 e. The molecule has 1 rings (SSSR count). The van der Waals surface area contributed by atoms with E-state index in [9.17, 15) is 8.78 Å². The van der Waals surface area contributed by atoms with E-state index in [2.05, 4.69) is 10.2 Å². The molecule has 0 radical (unpaired) electrons. The third-order valence-corrected chi connectivity index (χ3v) is 1.54. The van der Waals surface area contributed by atoms with Crippen molar-refractivity contribution in [2.75, 3.05) is 6.54 Å². The predicted molar refractivity (Wildman–Crippen MR) is 38.6 cm³/mol. The largest absolute Gasteiger partial charge is 0.325 e. The highest BCUT2D eigenvalue weighted by molar-refractivity contribution is 4.96. The lowest BCUT2D eigenvalue weighted by Crippen LogP contribution is -2.28. The van der Waals surface area contributed by atoms with E-state index in [0.717, 1.165) is 0 Å². The fourth-order valence-electron chi connectivity index (χ4n) is 0.861. The molecule has 0 unspecified atom stereocenters. The Morgan fingerprint density at radius 3 is 2.83 bits per heavy atom. The molecule has 2 N–H and O–H groups in total. The number of hydrogen-bond acceptors (Lipinski definition) is 3. The molecule has 0 aliphatic heterocycles. The molecule has 6 heteroatoms. The van der Waals surface area contributed by atoms with Crippen LogP contribution >= 0.6 is 0 Å². The first-order valence-electron chi connectivity index (χ1n) is 3.58. The molecule has 0 fully saturated rings. The van der Waals surface area contributed by atoms with Crippen LogP contribution in [0.25, 0.3) is 0 Å². The van der Waals surface area contributed by atoms with Gasteiger partial charge in [0.1, 0.15) is 6.33 Å². The van der Waals surface area contributed by atoms with Crippen molar-refractivity contribution < 1.29 is 8.78 Å². The van der Waals surface area contributed by atoms with Gasteiger partial charge in [0.2, 0.25) is 5.82 Å². The lowest BCUT2D eigenvalue weighted by atomic mass is 10.3. The minimum Gasteiger partial charge on any atom is -0.325 e. The van der Waals surface area contributed by atoms with Gasteiger partial charge in [-0.25, -0.2) is 0 Å². The average Bonchev–Trinajstić information content (AvgIpc) is 2.52. The zero-order valence-corrected chi connectivity index (χ0v) is 6.67. The summed E-state index contributed by atoms with van der Waals surface area (Å²) in [6, 6.07) is 0. The van der Waals surface area contributed by atoms with Crippen LogP contribution in [-0.4, -0.2) is 21.3 Å². The van der Waals surface area contributed by atoms with Gasteiger partial charge < -0.3 is 10.3 Å². The van der Waals surface area contributed by atoms with E-state index in [1.54, 1.807) is 6.92 Å². The summed E-state index contributed by atoms with van der Waals surface area (Å²) < 4.78 is 27.1. The highest BCUT2D eigenvalue weighted by Gasteiger charge is 2.35. The average molecular weight is 176 g/mol. The van der Waals surface area contributed by atoms with Crippen LogP contribution in [0.15, 0.2) is 6.33 Å². The third kappa shape index (κ3) is 1.42. The van der Waals surface area contributed by atoms with Crippen LogP contribution in [0, 0.1) is 0 Å². The second-order valence-electron chi connectivity index (χ2n) is 2.35. The molecule has 0 bridgehead atoms. The first-order valence-corrected chi connectivity index (χ1v) is 3.58. The van der Waals surface area contributed by atoms with Gasteiger partial charge in [-0.2, -0.15) is 8.78 Å². The van der Waals surface area contributed by atoms with Crippen molar-refractivity contribution in [3.05, 3.63) is 12.2 Å². The highest BCUT2D eigenvalue weighted by atomic mass is 19.3. The molecule has 12 heavy (non-hydrogen) atoms. The van der Waals surface area contributed by atoms with E-state index in [4.69, 9.17) is 5.73 Å². The molecule has 0 saturated carbocycles. The Morgan fingerprint density at radius 2 is 2.33 bits per heavy atom. The molecule has 0 aliphatic carbocycles. The number of nitrogens with two attached hydrogens (primary N) is 1. The van der Waals surface area contributed by atoms with Gasteiger partial charge in [-0.05, 0) is 6.92 Å². The van der Waals surface area contributed by atoms with Gasteiger partial charge >= 0.3 is 5.92 Å². The van der Waals surface area contributed by atoms with Gasteiger partial charge in [-0.3, -0.25) is 0 Å². The molecule has 1 aromatic heterocycles. The normalized spacial score (nSPS) is 12.0. The Kier molecular flexibility index (Phi) is 2.37. The molecule has 68 valence electrons. The Labute approximate surface area is 68.4 Å². The number of aryl methyl sites for hydroxylation is 1. The van der Waals surface area contributed by atoms with E-state index in [1.807, 2.05) is 0 Å². The molecule has 0 aliphatic rings. The summed E-state index contributed by atoms with van der Waals surface area (Å²) in [5.74, 6) is -3.44. The van der Waals surface area contributed by atoms with Crippen LogP contribution < -0.4 is 5.73 Å². The SMILES string of the molecule is CCn1cnnc1C(F)(F)CN. The van der Waals surface area contributed by atoms with Gasteiger partial charge in [0.25, 0.3) is 0 Å². The Hall–Kier alpha value is -1.04. The minimum atomic E-state index is -3.08. The number of halogens is 2. The molecule has 4 nitrogen and oxygen atoms in total. The summed E-state index contributed by atoms with van der Waals surface area (Å²) in [5, 5.41) is 6.70. The molecule has 1 heterocycles. The first kappa shape index (κ1) is 9.05. The van der Waals surface area contributed by atoms with Crippen molar-refractivity contribution in [3.63, 3.8) is 0 Å². The van der Waals surface area contributed by atoms with E-state index >= 15 is 0 Å². The molecule has 1 aromatic rings. The quantitative estimate of drug-likeness (QED) is 0.722. The van der Waals surface area contributed by atoms with Gasteiger partial charge in [0, 0.05) is 6.54 Å². The summed E-state index contributed by atoms with van der Waals surface area (Å²) >= 11 is 0. The van der Waals surface area contributed by atoms with E-state index in [-0.39, 0.29) is 5.82 Å². The summed E-state index contributed by atoms with van der Waals surface area (Å²) in [4.78, 5) is 0. The maximum atomic E-state index is 12.9. The van der Waals surface area contributed by atoms with Crippen molar-refractivity contribution >= 4 is 0 Å². The number of nitrogens with zero attached hydrogens (tertiary/aromatic N) is 3. The topological polar surface area (TPSA) is 56.7 Å². The number of hydrogen-bond donors (Lipinski definition) is 1. The number of aromatic nitrogens is 3. The highest BCUT2D eigenvalue weighted by Crippen LogP contribution is 2.23. The fourth-order valence-corrected chi connectivity index (χ4v) is 0.861. The van der Waals surface area contributed by atoms with Crippen LogP contribution in [-0.2, 0) is 12.5 Å². The minimum absolute atomic E-state index is 0.368. The number of alkyl halides is 2. The predicted octanol–water partition coefficient (Wildman–Crippen LogP) is 0.349. The first-order chi connectivity index (χ1) is 5.61. The monoisotopic (exact) mass is 176 g/mol. The number of rotatable bonds is 3. The van der Waals surface area contributed by atoms with Crippen LogP contribution in [0.5, 0.6) is 0 Å². The zero-order chi connectivity index (χ0) is 9.19. The Bertz CT molecular complexity index is 258. The molecular formula is C6H10F2N4. The molecule has 0 atom stereocenters.